The van der Waals surface area contributed by atoms with Crippen LogP contribution in [0.1, 0.15) is 63.0 Å². The van der Waals surface area contributed by atoms with Crippen LogP contribution in [0.2, 0.25) is 0 Å². The van der Waals surface area contributed by atoms with Gasteiger partial charge in [0, 0.05) is 13.0 Å². The van der Waals surface area contributed by atoms with E-state index < -0.39 is 44.5 Å². The van der Waals surface area contributed by atoms with Crippen LogP contribution in [-0.2, 0) is 31.5 Å². The van der Waals surface area contributed by atoms with Gasteiger partial charge in [0.15, 0.2) is 0 Å². The van der Waals surface area contributed by atoms with Crippen molar-refractivity contribution in [2.45, 2.75) is 69.3 Å². The van der Waals surface area contributed by atoms with Crippen LogP contribution in [0.5, 0.6) is 0 Å². The second-order valence-electron chi connectivity index (χ2n) is 8.62. The summed E-state index contributed by atoms with van der Waals surface area (Å²) in [6.45, 7) is 1.84. The molecule has 2 fully saturated rings. The molecule has 0 bridgehead atoms. The molecule has 1 saturated carbocycles. The third kappa shape index (κ3) is 5.39. The largest absolute Gasteiger partial charge is 0.416 e. The lowest BCUT2D eigenvalue weighted by Crippen LogP contribution is -2.68. The summed E-state index contributed by atoms with van der Waals surface area (Å²) in [4.78, 5) is 26.8. The van der Waals surface area contributed by atoms with E-state index in [-0.39, 0.29) is 11.8 Å². The Bertz CT molecular complexity index is 942. The van der Waals surface area contributed by atoms with E-state index in [2.05, 4.69) is 0 Å². The van der Waals surface area contributed by atoms with E-state index in [0.29, 0.717) is 19.4 Å². The summed E-state index contributed by atoms with van der Waals surface area (Å²) in [5.74, 6) is -1.78. The van der Waals surface area contributed by atoms with Crippen LogP contribution >= 0.6 is 0 Å². The number of halogens is 3. The van der Waals surface area contributed by atoms with Crippen LogP contribution in [0.4, 0.5) is 13.2 Å². The molecule has 1 aromatic rings. The Morgan fingerprint density at radius 3 is 2.39 bits per heavy atom. The highest BCUT2D eigenvalue weighted by molar-refractivity contribution is 7.89. The third-order valence-corrected chi connectivity index (χ3v) is 7.50. The van der Waals surface area contributed by atoms with Gasteiger partial charge in [-0.15, -0.1) is 0 Å². The first-order chi connectivity index (χ1) is 14.4. The minimum absolute atomic E-state index is 0.185. The van der Waals surface area contributed by atoms with Gasteiger partial charge in [0.25, 0.3) is 5.91 Å². The molecule has 1 heterocycles. The summed E-state index contributed by atoms with van der Waals surface area (Å²) in [6.07, 6.45) is 1.16. The van der Waals surface area contributed by atoms with Crippen LogP contribution in [0, 0.1) is 5.92 Å². The molecule has 1 atom stereocenters. The molecule has 1 aromatic carbocycles. The SMILES string of the molecule is CC1(C(=O)NS(=O)(=O)Cc2ccccc2C(F)(F)F)CCN1C(=O)CC1CCCCC1. The number of hydrogen-bond acceptors (Lipinski definition) is 4. The van der Waals surface area contributed by atoms with E-state index in [1.807, 2.05) is 4.72 Å². The Balaban J connectivity index is 1.66. The van der Waals surface area contributed by atoms with Crippen LogP contribution in [0.15, 0.2) is 24.3 Å². The predicted molar refractivity (Wildman–Crippen MR) is 108 cm³/mol. The van der Waals surface area contributed by atoms with Crippen molar-refractivity contribution in [3.8, 4) is 0 Å². The number of amides is 2. The number of carbonyl (C=O) groups is 2. The fourth-order valence-electron chi connectivity index (χ4n) is 4.36. The van der Waals surface area contributed by atoms with Gasteiger partial charge in [0.1, 0.15) is 5.54 Å². The average Bonchev–Trinajstić information content (AvgIpc) is 2.66. The molecule has 0 aromatic heterocycles. The molecule has 1 saturated heterocycles. The average molecular weight is 461 g/mol. The molecule has 0 spiro atoms. The van der Waals surface area contributed by atoms with Crippen molar-refractivity contribution < 1.29 is 31.2 Å². The highest BCUT2D eigenvalue weighted by Crippen LogP contribution is 2.35. The molecule has 2 amide bonds. The summed E-state index contributed by atoms with van der Waals surface area (Å²) in [5.41, 5.74) is -2.83. The lowest BCUT2D eigenvalue weighted by Gasteiger charge is -2.49. The fraction of sp³-hybridized carbons (Fsp3) is 0.619. The van der Waals surface area contributed by atoms with Gasteiger partial charge in [-0.2, -0.15) is 13.2 Å². The van der Waals surface area contributed by atoms with Gasteiger partial charge in [0.2, 0.25) is 15.9 Å². The standard InChI is InChI=1S/C21H27F3N2O4S/c1-20(11-12-26(20)18(27)13-15-7-3-2-4-8-15)19(28)25-31(29,30)14-16-9-5-6-10-17(16)21(22,23)24/h5-6,9-10,15H,2-4,7-8,11-14H2,1H3,(H,25,28). The Hall–Kier alpha value is -2.10. The number of hydrogen-bond donors (Lipinski definition) is 1. The lowest BCUT2D eigenvalue weighted by atomic mass is 9.82. The number of nitrogens with one attached hydrogen (secondary N) is 1. The van der Waals surface area contributed by atoms with Crippen LogP contribution in [0.3, 0.4) is 0 Å². The first-order valence-corrected chi connectivity index (χ1v) is 12.1. The van der Waals surface area contributed by atoms with E-state index in [1.54, 1.807) is 0 Å². The van der Waals surface area contributed by atoms with Crippen molar-refractivity contribution in [2.75, 3.05) is 6.54 Å². The summed E-state index contributed by atoms with van der Waals surface area (Å²) < 4.78 is 66.3. The number of alkyl halides is 3. The second kappa shape index (κ2) is 8.80. The van der Waals surface area contributed by atoms with Crippen molar-refractivity contribution in [3.05, 3.63) is 35.4 Å². The maximum Gasteiger partial charge on any atom is 0.416 e. The van der Waals surface area contributed by atoms with Crippen LogP contribution in [0.25, 0.3) is 0 Å². The Morgan fingerprint density at radius 2 is 1.81 bits per heavy atom. The zero-order valence-electron chi connectivity index (χ0n) is 17.4. The first-order valence-electron chi connectivity index (χ1n) is 10.4. The second-order valence-corrected chi connectivity index (χ2v) is 10.3. The minimum atomic E-state index is -4.71. The van der Waals surface area contributed by atoms with Crippen molar-refractivity contribution >= 4 is 21.8 Å². The number of nitrogens with zero attached hydrogens (tertiary/aromatic N) is 1. The molecule has 6 nitrogen and oxygen atoms in total. The Kier molecular flexibility index (Phi) is 6.69. The van der Waals surface area contributed by atoms with Crippen molar-refractivity contribution in [1.82, 2.24) is 9.62 Å². The summed E-state index contributed by atoms with van der Waals surface area (Å²) in [5, 5.41) is 0. The van der Waals surface area contributed by atoms with Gasteiger partial charge in [-0.05, 0) is 43.7 Å². The monoisotopic (exact) mass is 460 g/mol. The number of sulfonamides is 1. The molecule has 1 aliphatic carbocycles. The number of likely N-dealkylation sites (tertiary alicyclic amines) is 1. The topological polar surface area (TPSA) is 83.6 Å². The van der Waals surface area contributed by atoms with Crippen molar-refractivity contribution in [3.63, 3.8) is 0 Å². The lowest BCUT2D eigenvalue weighted by molar-refractivity contribution is -0.157. The molecule has 2 aliphatic rings. The maximum atomic E-state index is 13.1. The third-order valence-electron chi connectivity index (χ3n) is 6.31. The number of benzene rings is 1. The molecule has 0 radical (unpaired) electrons. The highest BCUT2D eigenvalue weighted by atomic mass is 32.2. The predicted octanol–water partition coefficient (Wildman–Crippen LogP) is 3.61. The molecule has 31 heavy (non-hydrogen) atoms. The van der Waals surface area contributed by atoms with Crippen LogP contribution in [-0.4, -0.2) is 37.2 Å². The molecule has 1 N–H and O–H groups in total. The fourth-order valence-corrected chi connectivity index (χ4v) is 5.59. The smallest absolute Gasteiger partial charge is 0.328 e. The van der Waals surface area contributed by atoms with Gasteiger partial charge >= 0.3 is 6.18 Å². The zero-order valence-corrected chi connectivity index (χ0v) is 18.2. The number of carbonyl (C=O) groups excluding carboxylic acids is 2. The number of rotatable bonds is 6. The molecular weight excluding hydrogens is 433 g/mol. The van der Waals surface area contributed by atoms with Crippen molar-refractivity contribution in [1.29, 1.82) is 0 Å². The minimum Gasteiger partial charge on any atom is -0.328 e. The zero-order chi connectivity index (χ0) is 22.9. The summed E-state index contributed by atoms with van der Waals surface area (Å²) >= 11 is 0. The summed E-state index contributed by atoms with van der Waals surface area (Å²) in [6, 6.07) is 4.34. The van der Waals surface area contributed by atoms with Gasteiger partial charge < -0.3 is 4.90 Å². The van der Waals surface area contributed by atoms with E-state index >= 15 is 0 Å². The normalized spacial score (nSPS) is 22.6. The molecule has 172 valence electrons. The van der Waals surface area contributed by atoms with Gasteiger partial charge in [-0.3, -0.25) is 14.3 Å². The molecule has 1 aliphatic heterocycles. The van der Waals surface area contributed by atoms with E-state index in [4.69, 9.17) is 0 Å². The van der Waals surface area contributed by atoms with E-state index in [1.165, 1.54) is 24.0 Å². The molecule has 1 unspecified atom stereocenters. The summed E-state index contributed by atoms with van der Waals surface area (Å²) in [7, 11) is -4.39. The van der Waals surface area contributed by atoms with Crippen LogP contribution < -0.4 is 4.72 Å². The van der Waals surface area contributed by atoms with E-state index in [9.17, 15) is 31.2 Å². The van der Waals surface area contributed by atoms with Gasteiger partial charge in [0.05, 0.1) is 11.3 Å². The van der Waals surface area contributed by atoms with Gasteiger partial charge in [-0.25, -0.2) is 8.42 Å². The Labute approximate surface area is 180 Å². The Morgan fingerprint density at radius 1 is 1.16 bits per heavy atom. The quantitative estimate of drug-likeness (QED) is 0.703. The molecule has 3 rings (SSSR count). The van der Waals surface area contributed by atoms with E-state index in [0.717, 1.165) is 44.2 Å². The van der Waals surface area contributed by atoms with Crippen molar-refractivity contribution in [2.24, 2.45) is 5.92 Å². The molecule has 10 heteroatoms. The maximum absolute atomic E-state index is 13.1. The molecular formula is C21H27F3N2O4S. The first kappa shape index (κ1) is 23.6. The highest BCUT2D eigenvalue weighted by Gasteiger charge is 2.50. The van der Waals surface area contributed by atoms with Gasteiger partial charge in [-0.1, -0.05) is 37.5 Å².